The molecule has 3 nitrogen and oxygen atoms in total. The standard InChI is InChI=1S/C18H18O3/c1-14(18(19)20)11-12-21-17-10-6-5-9-16(17)13-15-7-3-2-4-8-15/h2-11H,12-13H2,1H3,(H,19,20). The molecule has 21 heavy (non-hydrogen) atoms. The van der Waals surface area contributed by atoms with Crippen molar-refractivity contribution in [3.63, 3.8) is 0 Å². The SMILES string of the molecule is CC(=CCOc1ccccc1Cc1ccccc1)C(=O)O. The van der Waals surface area contributed by atoms with Crippen LogP contribution in [0.5, 0.6) is 5.75 Å². The molecule has 0 saturated heterocycles. The van der Waals surface area contributed by atoms with E-state index in [-0.39, 0.29) is 12.2 Å². The molecule has 2 rings (SSSR count). The summed E-state index contributed by atoms with van der Waals surface area (Å²) in [5, 5.41) is 8.80. The van der Waals surface area contributed by atoms with E-state index in [1.54, 1.807) is 13.0 Å². The zero-order valence-electron chi connectivity index (χ0n) is 12.0. The van der Waals surface area contributed by atoms with Gasteiger partial charge in [0.1, 0.15) is 12.4 Å². The lowest BCUT2D eigenvalue weighted by molar-refractivity contribution is -0.132. The zero-order valence-corrected chi connectivity index (χ0v) is 12.0. The van der Waals surface area contributed by atoms with Crippen molar-refractivity contribution < 1.29 is 14.6 Å². The van der Waals surface area contributed by atoms with E-state index in [1.165, 1.54) is 5.56 Å². The average molecular weight is 282 g/mol. The maximum absolute atomic E-state index is 10.7. The summed E-state index contributed by atoms with van der Waals surface area (Å²) in [6, 6.07) is 18.0. The molecule has 0 saturated carbocycles. The normalized spacial score (nSPS) is 11.2. The molecule has 1 N–H and O–H groups in total. The largest absolute Gasteiger partial charge is 0.489 e. The van der Waals surface area contributed by atoms with Crippen molar-refractivity contribution in [2.75, 3.05) is 6.61 Å². The Kier molecular flexibility index (Phi) is 5.16. The van der Waals surface area contributed by atoms with Gasteiger partial charge in [-0.2, -0.15) is 0 Å². The van der Waals surface area contributed by atoms with Crippen molar-refractivity contribution >= 4 is 5.97 Å². The van der Waals surface area contributed by atoms with Crippen LogP contribution in [0.2, 0.25) is 0 Å². The van der Waals surface area contributed by atoms with Gasteiger partial charge in [0.05, 0.1) is 0 Å². The van der Waals surface area contributed by atoms with Gasteiger partial charge < -0.3 is 9.84 Å². The van der Waals surface area contributed by atoms with Gasteiger partial charge in [0.15, 0.2) is 0 Å². The zero-order chi connectivity index (χ0) is 15.1. The highest BCUT2D eigenvalue weighted by Gasteiger charge is 2.04. The lowest BCUT2D eigenvalue weighted by atomic mass is 10.0. The van der Waals surface area contributed by atoms with Crippen LogP contribution in [0.25, 0.3) is 0 Å². The Morgan fingerprint density at radius 1 is 1.10 bits per heavy atom. The van der Waals surface area contributed by atoms with Crippen molar-refractivity contribution in [1.82, 2.24) is 0 Å². The highest BCUT2D eigenvalue weighted by atomic mass is 16.5. The molecule has 2 aromatic carbocycles. The first-order valence-electron chi connectivity index (χ1n) is 6.81. The first kappa shape index (κ1) is 14.9. The van der Waals surface area contributed by atoms with Crippen LogP contribution >= 0.6 is 0 Å². The summed E-state index contributed by atoms with van der Waals surface area (Å²) >= 11 is 0. The molecular formula is C18H18O3. The molecule has 0 aliphatic carbocycles. The topological polar surface area (TPSA) is 46.5 Å². The van der Waals surface area contributed by atoms with Gasteiger partial charge in [0, 0.05) is 12.0 Å². The minimum Gasteiger partial charge on any atom is -0.489 e. The molecule has 0 amide bonds. The summed E-state index contributed by atoms with van der Waals surface area (Å²) in [4.78, 5) is 10.7. The van der Waals surface area contributed by atoms with Crippen LogP contribution in [0.15, 0.2) is 66.2 Å². The lowest BCUT2D eigenvalue weighted by Gasteiger charge is -2.10. The van der Waals surface area contributed by atoms with Gasteiger partial charge in [0.2, 0.25) is 0 Å². The number of rotatable bonds is 6. The Balaban J connectivity index is 2.07. The molecule has 0 bridgehead atoms. The minimum absolute atomic E-state index is 0.254. The molecule has 0 heterocycles. The summed E-state index contributed by atoms with van der Waals surface area (Å²) in [5.74, 6) is -0.132. The number of benzene rings is 2. The molecule has 0 aromatic heterocycles. The second kappa shape index (κ2) is 7.29. The number of hydrogen-bond acceptors (Lipinski definition) is 2. The second-order valence-electron chi connectivity index (χ2n) is 4.77. The first-order chi connectivity index (χ1) is 10.2. The van der Waals surface area contributed by atoms with Crippen molar-refractivity contribution in [2.24, 2.45) is 0 Å². The van der Waals surface area contributed by atoms with E-state index in [0.29, 0.717) is 0 Å². The third kappa shape index (κ3) is 4.49. The number of carbonyl (C=O) groups is 1. The Labute approximate surface area is 124 Å². The number of ether oxygens (including phenoxy) is 1. The highest BCUT2D eigenvalue weighted by Crippen LogP contribution is 2.21. The minimum atomic E-state index is -0.920. The fraction of sp³-hybridized carbons (Fsp3) is 0.167. The van der Waals surface area contributed by atoms with Crippen LogP contribution in [0.4, 0.5) is 0 Å². The first-order valence-corrected chi connectivity index (χ1v) is 6.81. The molecule has 0 radical (unpaired) electrons. The molecule has 0 fully saturated rings. The van der Waals surface area contributed by atoms with Crippen molar-refractivity contribution in [3.8, 4) is 5.75 Å². The number of para-hydroxylation sites is 1. The van der Waals surface area contributed by atoms with Gasteiger partial charge in [-0.15, -0.1) is 0 Å². The molecule has 0 unspecified atom stereocenters. The molecule has 0 spiro atoms. The summed E-state index contributed by atoms with van der Waals surface area (Å²) in [7, 11) is 0. The van der Waals surface area contributed by atoms with E-state index in [9.17, 15) is 4.79 Å². The lowest BCUT2D eigenvalue weighted by Crippen LogP contribution is -2.02. The quantitative estimate of drug-likeness (QED) is 0.822. The summed E-state index contributed by atoms with van der Waals surface area (Å²) in [6.45, 7) is 1.81. The van der Waals surface area contributed by atoms with Crippen LogP contribution in [0.1, 0.15) is 18.1 Å². The second-order valence-corrected chi connectivity index (χ2v) is 4.77. The highest BCUT2D eigenvalue weighted by molar-refractivity contribution is 5.85. The van der Waals surface area contributed by atoms with Crippen LogP contribution in [-0.4, -0.2) is 17.7 Å². The molecule has 108 valence electrons. The third-order valence-corrected chi connectivity index (χ3v) is 3.18. The predicted octanol–water partition coefficient (Wildman–Crippen LogP) is 3.69. The summed E-state index contributed by atoms with van der Waals surface area (Å²) in [6.07, 6.45) is 2.36. The number of carboxylic acid groups (broad SMARTS) is 1. The van der Waals surface area contributed by atoms with Crippen LogP contribution in [0.3, 0.4) is 0 Å². The molecule has 0 aliphatic heterocycles. The van der Waals surface area contributed by atoms with Crippen molar-refractivity contribution in [1.29, 1.82) is 0 Å². The van der Waals surface area contributed by atoms with Crippen molar-refractivity contribution in [2.45, 2.75) is 13.3 Å². The maximum Gasteiger partial charge on any atom is 0.331 e. The summed E-state index contributed by atoms with van der Waals surface area (Å²) < 4.78 is 5.69. The van der Waals surface area contributed by atoms with Gasteiger partial charge in [-0.25, -0.2) is 4.79 Å². The average Bonchev–Trinajstić information content (AvgIpc) is 2.50. The van der Waals surface area contributed by atoms with Crippen molar-refractivity contribution in [3.05, 3.63) is 77.4 Å². The number of hydrogen-bond donors (Lipinski definition) is 1. The smallest absolute Gasteiger partial charge is 0.331 e. The van der Waals surface area contributed by atoms with Crippen LogP contribution in [-0.2, 0) is 11.2 Å². The molecule has 2 aromatic rings. The Hall–Kier alpha value is -2.55. The number of carboxylic acids is 1. The fourth-order valence-electron chi connectivity index (χ4n) is 1.95. The summed E-state index contributed by atoms with van der Waals surface area (Å²) in [5.41, 5.74) is 2.59. The van der Waals surface area contributed by atoms with Crippen LogP contribution < -0.4 is 4.74 Å². The van der Waals surface area contributed by atoms with Gasteiger partial charge >= 0.3 is 5.97 Å². The molecular weight excluding hydrogens is 264 g/mol. The van der Waals surface area contributed by atoms with E-state index >= 15 is 0 Å². The van der Waals surface area contributed by atoms with E-state index in [1.807, 2.05) is 42.5 Å². The predicted molar refractivity (Wildman–Crippen MR) is 82.6 cm³/mol. The number of aliphatic carboxylic acids is 1. The molecule has 0 aliphatic rings. The molecule has 3 heteroatoms. The van der Waals surface area contributed by atoms with E-state index < -0.39 is 5.97 Å². The van der Waals surface area contributed by atoms with Gasteiger partial charge in [-0.05, 0) is 30.2 Å². The van der Waals surface area contributed by atoms with Gasteiger partial charge in [-0.1, -0.05) is 48.5 Å². The van der Waals surface area contributed by atoms with Crippen LogP contribution in [0, 0.1) is 0 Å². The Morgan fingerprint density at radius 3 is 2.48 bits per heavy atom. The van der Waals surface area contributed by atoms with E-state index in [2.05, 4.69) is 12.1 Å². The molecule has 0 atom stereocenters. The third-order valence-electron chi connectivity index (χ3n) is 3.18. The maximum atomic E-state index is 10.7. The van der Waals surface area contributed by atoms with E-state index in [4.69, 9.17) is 9.84 Å². The van der Waals surface area contributed by atoms with Gasteiger partial charge in [0.25, 0.3) is 0 Å². The fourth-order valence-corrected chi connectivity index (χ4v) is 1.95. The van der Waals surface area contributed by atoms with Gasteiger partial charge in [-0.3, -0.25) is 0 Å². The van der Waals surface area contributed by atoms with E-state index in [0.717, 1.165) is 17.7 Å². The monoisotopic (exact) mass is 282 g/mol. The Bertz CT molecular complexity index is 630. The Morgan fingerprint density at radius 2 is 1.76 bits per heavy atom.